The van der Waals surface area contributed by atoms with Gasteiger partial charge in [-0.25, -0.2) is 4.79 Å². The van der Waals surface area contributed by atoms with Crippen molar-refractivity contribution in [1.29, 1.82) is 0 Å². The van der Waals surface area contributed by atoms with Crippen LogP contribution in [0, 0.1) is 12.3 Å². The summed E-state index contributed by atoms with van der Waals surface area (Å²) in [7, 11) is 1.19. The standard InChI is InChI=1S/C26H34N4O7/c1-6-16-10-12-17(13-11-16)22(23(33)28-15-21(32)36-5)30(18-8-7-9-18)24(34)19(14-20(27)31)29-25(35)37-26(2,3)4/h1,10-13,18-19,22H,7-9,14-15H2,2-5H3,(H2,27,31)(H,28,33)(H,29,35). The molecule has 11 heteroatoms. The Labute approximate surface area is 216 Å². The Morgan fingerprint density at radius 3 is 2.24 bits per heavy atom. The summed E-state index contributed by atoms with van der Waals surface area (Å²) in [6.07, 6.45) is 6.06. The molecule has 4 N–H and O–H groups in total. The molecule has 1 aliphatic carbocycles. The summed E-state index contributed by atoms with van der Waals surface area (Å²) in [5.74, 6) is -0.336. The molecular weight excluding hydrogens is 480 g/mol. The molecule has 0 aliphatic heterocycles. The van der Waals surface area contributed by atoms with Crippen molar-refractivity contribution in [3.8, 4) is 12.3 Å². The first-order valence-corrected chi connectivity index (χ1v) is 11.9. The highest BCUT2D eigenvalue weighted by Gasteiger charge is 2.42. The van der Waals surface area contributed by atoms with Crippen LogP contribution >= 0.6 is 0 Å². The fourth-order valence-corrected chi connectivity index (χ4v) is 3.74. The lowest BCUT2D eigenvalue weighted by Gasteiger charge is -2.43. The molecule has 0 radical (unpaired) electrons. The first kappa shape index (κ1) is 29.2. The van der Waals surface area contributed by atoms with E-state index in [1.54, 1.807) is 45.0 Å². The summed E-state index contributed by atoms with van der Waals surface area (Å²) >= 11 is 0. The van der Waals surface area contributed by atoms with Crippen LogP contribution in [0.15, 0.2) is 24.3 Å². The van der Waals surface area contributed by atoms with E-state index in [0.29, 0.717) is 24.0 Å². The quantitative estimate of drug-likeness (QED) is 0.312. The van der Waals surface area contributed by atoms with Crippen LogP contribution in [0.25, 0.3) is 0 Å². The van der Waals surface area contributed by atoms with Crippen molar-refractivity contribution >= 4 is 29.8 Å². The van der Waals surface area contributed by atoms with E-state index >= 15 is 0 Å². The summed E-state index contributed by atoms with van der Waals surface area (Å²) in [6, 6.07) is 3.55. The van der Waals surface area contributed by atoms with Crippen LogP contribution in [0.1, 0.15) is 63.6 Å². The average molecular weight is 515 g/mol. The SMILES string of the molecule is C#Cc1ccc(C(C(=O)NCC(=O)OC)N(C(=O)C(CC(N)=O)NC(=O)OC(C)(C)C)C2CCC2)cc1. The number of hydrogen-bond donors (Lipinski definition) is 3. The van der Waals surface area contributed by atoms with Gasteiger partial charge >= 0.3 is 12.1 Å². The number of benzene rings is 1. The number of ether oxygens (including phenoxy) is 2. The Hall–Kier alpha value is -4.07. The third-order valence-corrected chi connectivity index (χ3v) is 5.67. The lowest BCUT2D eigenvalue weighted by atomic mass is 9.87. The number of amides is 4. The number of nitrogens with two attached hydrogens (primary N) is 1. The minimum absolute atomic E-state index is 0.357. The fourth-order valence-electron chi connectivity index (χ4n) is 3.74. The molecular formula is C26H34N4O7. The summed E-state index contributed by atoms with van der Waals surface area (Å²) in [6.45, 7) is 4.54. The van der Waals surface area contributed by atoms with Crippen molar-refractivity contribution in [2.75, 3.05) is 13.7 Å². The molecule has 1 fully saturated rings. The molecule has 1 aromatic carbocycles. The number of nitrogens with zero attached hydrogens (tertiary/aromatic N) is 1. The number of carbonyl (C=O) groups is 5. The Kier molecular flexibility index (Phi) is 10.1. The number of methoxy groups -OCH3 is 1. The van der Waals surface area contributed by atoms with Crippen molar-refractivity contribution in [3.05, 3.63) is 35.4 Å². The maximum absolute atomic E-state index is 13.9. The van der Waals surface area contributed by atoms with Crippen molar-refractivity contribution in [1.82, 2.24) is 15.5 Å². The predicted octanol–water partition coefficient (Wildman–Crippen LogP) is 1.15. The zero-order chi connectivity index (χ0) is 27.8. The molecule has 1 aliphatic rings. The molecule has 2 unspecified atom stereocenters. The van der Waals surface area contributed by atoms with E-state index in [1.165, 1.54) is 12.0 Å². The van der Waals surface area contributed by atoms with Gasteiger partial charge in [0.2, 0.25) is 17.7 Å². The van der Waals surface area contributed by atoms with Gasteiger partial charge in [-0.15, -0.1) is 6.42 Å². The predicted molar refractivity (Wildman–Crippen MR) is 134 cm³/mol. The van der Waals surface area contributed by atoms with E-state index in [2.05, 4.69) is 21.3 Å². The van der Waals surface area contributed by atoms with Crippen LogP contribution in [0.2, 0.25) is 0 Å². The number of alkyl carbamates (subject to hydrolysis) is 1. The number of hydrogen-bond acceptors (Lipinski definition) is 7. The van der Waals surface area contributed by atoms with Gasteiger partial charge in [0, 0.05) is 11.6 Å². The lowest BCUT2D eigenvalue weighted by Crippen LogP contribution is -2.58. The Balaban J connectivity index is 2.49. The minimum atomic E-state index is -1.38. The summed E-state index contributed by atoms with van der Waals surface area (Å²) in [4.78, 5) is 64.6. The second-order valence-corrected chi connectivity index (χ2v) is 9.66. The largest absolute Gasteiger partial charge is 0.468 e. The summed E-state index contributed by atoms with van der Waals surface area (Å²) in [5, 5.41) is 4.92. The molecule has 1 saturated carbocycles. The number of nitrogens with one attached hydrogen (secondary N) is 2. The van der Waals surface area contributed by atoms with Gasteiger partial charge in [0.1, 0.15) is 24.2 Å². The highest BCUT2D eigenvalue weighted by atomic mass is 16.6. The smallest absolute Gasteiger partial charge is 0.408 e. The third-order valence-electron chi connectivity index (χ3n) is 5.67. The van der Waals surface area contributed by atoms with E-state index in [4.69, 9.17) is 16.9 Å². The van der Waals surface area contributed by atoms with Crippen molar-refractivity contribution in [3.63, 3.8) is 0 Å². The highest BCUT2D eigenvalue weighted by Crippen LogP contribution is 2.34. The van der Waals surface area contributed by atoms with Crippen molar-refractivity contribution in [2.45, 2.75) is 70.2 Å². The van der Waals surface area contributed by atoms with Crippen molar-refractivity contribution in [2.24, 2.45) is 5.73 Å². The molecule has 37 heavy (non-hydrogen) atoms. The average Bonchev–Trinajstić information content (AvgIpc) is 2.78. The number of terminal acetylenes is 1. The highest BCUT2D eigenvalue weighted by molar-refractivity contribution is 5.95. The van der Waals surface area contributed by atoms with Gasteiger partial charge in [0.25, 0.3) is 0 Å². The van der Waals surface area contributed by atoms with Gasteiger partial charge in [-0.3, -0.25) is 19.2 Å². The molecule has 1 aromatic rings. The summed E-state index contributed by atoms with van der Waals surface area (Å²) in [5.41, 5.74) is 5.52. The molecule has 0 heterocycles. The Bertz CT molecular complexity index is 1050. The molecule has 2 atom stereocenters. The molecule has 2 rings (SSSR count). The van der Waals surface area contributed by atoms with E-state index in [9.17, 15) is 24.0 Å². The van der Waals surface area contributed by atoms with Crippen molar-refractivity contribution < 1.29 is 33.4 Å². The maximum Gasteiger partial charge on any atom is 0.408 e. The second kappa shape index (κ2) is 12.8. The fraction of sp³-hybridized carbons (Fsp3) is 0.500. The molecule has 0 spiro atoms. The van der Waals surface area contributed by atoms with Gasteiger partial charge in [-0.1, -0.05) is 18.1 Å². The van der Waals surface area contributed by atoms with Gasteiger partial charge < -0.3 is 30.7 Å². The Morgan fingerprint density at radius 2 is 1.78 bits per heavy atom. The van der Waals surface area contributed by atoms with E-state index < -0.39 is 60.4 Å². The Morgan fingerprint density at radius 1 is 1.16 bits per heavy atom. The molecule has 4 amide bonds. The van der Waals surface area contributed by atoms with E-state index in [1.807, 2.05) is 0 Å². The van der Waals surface area contributed by atoms with Crippen LogP contribution in [0.4, 0.5) is 4.79 Å². The second-order valence-electron chi connectivity index (χ2n) is 9.66. The topological polar surface area (TPSA) is 157 Å². The molecule has 0 bridgehead atoms. The van der Waals surface area contributed by atoms with Crippen LogP contribution < -0.4 is 16.4 Å². The van der Waals surface area contributed by atoms with Gasteiger partial charge in [-0.2, -0.15) is 0 Å². The van der Waals surface area contributed by atoms with Gasteiger partial charge in [0.05, 0.1) is 13.5 Å². The first-order chi connectivity index (χ1) is 17.4. The monoisotopic (exact) mass is 514 g/mol. The molecule has 0 saturated heterocycles. The zero-order valence-corrected chi connectivity index (χ0v) is 21.5. The number of carbonyl (C=O) groups excluding carboxylic acids is 5. The lowest BCUT2D eigenvalue weighted by molar-refractivity contribution is -0.149. The van der Waals surface area contributed by atoms with Crippen LogP contribution in [-0.2, 0) is 28.7 Å². The van der Waals surface area contributed by atoms with Crippen LogP contribution in [0.3, 0.4) is 0 Å². The minimum Gasteiger partial charge on any atom is -0.468 e. The number of rotatable bonds is 10. The molecule has 11 nitrogen and oxygen atoms in total. The normalized spacial score (nSPS) is 14.7. The summed E-state index contributed by atoms with van der Waals surface area (Å²) < 4.78 is 9.85. The first-order valence-electron chi connectivity index (χ1n) is 11.9. The van der Waals surface area contributed by atoms with E-state index in [0.717, 1.165) is 6.42 Å². The number of primary amides is 1. The molecule has 200 valence electrons. The third kappa shape index (κ3) is 8.52. The van der Waals surface area contributed by atoms with Crippen LogP contribution in [-0.4, -0.2) is 66.0 Å². The van der Waals surface area contributed by atoms with Gasteiger partial charge in [-0.05, 0) is 57.7 Å². The number of esters is 1. The van der Waals surface area contributed by atoms with E-state index in [-0.39, 0.29) is 6.04 Å². The van der Waals surface area contributed by atoms with Crippen LogP contribution in [0.5, 0.6) is 0 Å². The maximum atomic E-state index is 13.9. The zero-order valence-electron chi connectivity index (χ0n) is 21.5. The molecule has 0 aromatic heterocycles. The van der Waals surface area contributed by atoms with Gasteiger partial charge in [0.15, 0.2) is 0 Å².